The van der Waals surface area contributed by atoms with Crippen molar-refractivity contribution in [1.29, 1.82) is 0 Å². The van der Waals surface area contributed by atoms with Crippen molar-refractivity contribution in [3.8, 4) is 0 Å². The van der Waals surface area contributed by atoms with Gasteiger partial charge in [-0.15, -0.1) is 0 Å². The predicted molar refractivity (Wildman–Crippen MR) is 83.8 cm³/mol. The zero-order chi connectivity index (χ0) is 15.1. The molecule has 1 amide bonds. The molecule has 2 heterocycles. The Labute approximate surface area is 125 Å². The van der Waals surface area contributed by atoms with Gasteiger partial charge in [-0.05, 0) is 43.4 Å². The van der Waals surface area contributed by atoms with Gasteiger partial charge in [-0.1, -0.05) is 12.1 Å². The summed E-state index contributed by atoms with van der Waals surface area (Å²) in [5.41, 5.74) is 5.41. The van der Waals surface area contributed by atoms with Crippen LogP contribution in [0.3, 0.4) is 0 Å². The number of amides is 1. The van der Waals surface area contributed by atoms with Crippen molar-refractivity contribution in [3.05, 3.63) is 34.5 Å². The third-order valence-electron chi connectivity index (χ3n) is 4.51. The fourth-order valence-electron chi connectivity index (χ4n) is 3.50. The van der Waals surface area contributed by atoms with Crippen molar-refractivity contribution in [2.75, 3.05) is 20.2 Å². The number of benzene rings is 1. The monoisotopic (exact) mass is 286 g/mol. The lowest BCUT2D eigenvalue weighted by Gasteiger charge is -2.16. The van der Waals surface area contributed by atoms with Crippen molar-refractivity contribution >= 4 is 16.8 Å². The first kappa shape index (κ1) is 14.1. The molecule has 1 N–H and O–H groups in total. The minimum Gasteiger partial charge on any atom is -0.395 e. The number of hydrogen-bond donors (Lipinski definition) is 1. The zero-order valence-electron chi connectivity index (χ0n) is 12.9. The SMILES string of the molecule is Cc1ccc(C)c2c1c1c(n2CCO)C(=O)N(C)CCC1. The van der Waals surface area contributed by atoms with E-state index in [9.17, 15) is 9.90 Å². The smallest absolute Gasteiger partial charge is 0.270 e. The Hall–Kier alpha value is -1.81. The minimum absolute atomic E-state index is 0.0423. The highest BCUT2D eigenvalue weighted by molar-refractivity contribution is 6.03. The highest BCUT2D eigenvalue weighted by Gasteiger charge is 2.28. The van der Waals surface area contributed by atoms with Gasteiger partial charge in [0.15, 0.2) is 0 Å². The van der Waals surface area contributed by atoms with Gasteiger partial charge in [-0.25, -0.2) is 0 Å². The molecule has 1 aliphatic rings. The van der Waals surface area contributed by atoms with Crippen LogP contribution in [0.5, 0.6) is 0 Å². The number of nitrogens with zero attached hydrogens (tertiary/aromatic N) is 2. The molecule has 0 fully saturated rings. The fraction of sp³-hybridized carbons (Fsp3) is 0.471. The van der Waals surface area contributed by atoms with E-state index in [0.29, 0.717) is 6.54 Å². The summed E-state index contributed by atoms with van der Waals surface area (Å²) in [5.74, 6) is 0.0750. The third-order valence-corrected chi connectivity index (χ3v) is 4.51. The Kier molecular flexibility index (Phi) is 3.49. The highest BCUT2D eigenvalue weighted by atomic mass is 16.3. The van der Waals surface area contributed by atoms with Crippen molar-refractivity contribution in [2.24, 2.45) is 0 Å². The number of hydrogen-bond acceptors (Lipinski definition) is 2. The molecule has 0 atom stereocenters. The van der Waals surface area contributed by atoms with Crippen LogP contribution in [0.1, 0.15) is 33.6 Å². The topological polar surface area (TPSA) is 45.5 Å². The Morgan fingerprint density at radius 1 is 1.24 bits per heavy atom. The summed E-state index contributed by atoms with van der Waals surface area (Å²) >= 11 is 0. The Morgan fingerprint density at radius 3 is 2.67 bits per heavy atom. The highest BCUT2D eigenvalue weighted by Crippen LogP contribution is 2.34. The van der Waals surface area contributed by atoms with E-state index >= 15 is 0 Å². The molecule has 4 nitrogen and oxygen atoms in total. The second-order valence-corrected chi connectivity index (χ2v) is 5.96. The summed E-state index contributed by atoms with van der Waals surface area (Å²) in [5, 5.41) is 10.6. The number of carbonyl (C=O) groups excluding carboxylic acids is 1. The lowest BCUT2D eigenvalue weighted by molar-refractivity contribution is 0.0789. The van der Waals surface area contributed by atoms with Crippen LogP contribution in [0, 0.1) is 13.8 Å². The molecule has 0 spiro atoms. The number of fused-ring (bicyclic) bond motifs is 3. The molecule has 2 aromatic rings. The average molecular weight is 286 g/mol. The minimum atomic E-state index is 0.0423. The van der Waals surface area contributed by atoms with Crippen LogP contribution >= 0.6 is 0 Å². The number of aliphatic hydroxyl groups is 1. The first-order chi connectivity index (χ1) is 10.1. The van der Waals surface area contributed by atoms with E-state index in [2.05, 4.69) is 26.0 Å². The van der Waals surface area contributed by atoms with Crippen LogP contribution in [0.15, 0.2) is 12.1 Å². The number of aryl methyl sites for hydroxylation is 3. The van der Waals surface area contributed by atoms with Gasteiger partial charge in [0.25, 0.3) is 5.91 Å². The van der Waals surface area contributed by atoms with Crippen LogP contribution in [0.4, 0.5) is 0 Å². The van der Waals surface area contributed by atoms with Gasteiger partial charge in [0.1, 0.15) is 5.69 Å². The number of aliphatic hydroxyl groups excluding tert-OH is 1. The van der Waals surface area contributed by atoms with Gasteiger partial charge in [-0.2, -0.15) is 0 Å². The standard InChI is InChI=1S/C17H22N2O2/c1-11-6-7-12(2)15-14(11)13-5-4-8-18(3)17(21)16(13)19(15)9-10-20/h6-7,20H,4-5,8-10H2,1-3H3. The van der Waals surface area contributed by atoms with Crippen molar-refractivity contribution < 1.29 is 9.90 Å². The van der Waals surface area contributed by atoms with Crippen molar-refractivity contribution in [3.63, 3.8) is 0 Å². The molecule has 0 bridgehead atoms. The van der Waals surface area contributed by atoms with E-state index in [1.807, 2.05) is 11.6 Å². The average Bonchev–Trinajstić information content (AvgIpc) is 2.70. The van der Waals surface area contributed by atoms with Crippen LogP contribution < -0.4 is 0 Å². The third kappa shape index (κ3) is 2.05. The molecule has 1 aromatic heterocycles. The summed E-state index contributed by atoms with van der Waals surface area (Å²) in [6, 6.07) is 4.22. The van der Waals surface area contributed by atoms with E-state index in [-0.39, 0.29) is 12.5 Å². The molecule has 0 unspecified atom stereocenters. The van der Waals surface area contributed by atoms with Crippen molar-refractivity contribution in [1.82, 2.24) is 9.47 Å². The maximum atomic E-state index is 12.7. The van der Waals surface area contributed by atoms with Gasteiger partial charge >= 0.3 is 0 Å². The summed E-state index contributed by atoms with van der Waals surface area (Å²) in [6.07, 6.45) is 1.91. The van der Waals surface area contributed by atoms with E-state index in [1.165, 1.54) is 10.9 Å². The summed E-state index contributed by atoms with van der Waals surface area (Å²) in [7, 11) is 1.86. The molecule has 1 aromatic carbocycles. The zero-order valence-corrected chi connectivity index (χ0v) is 12.9. The van der Waals surface area contributed by atoms with Gasteiger partial charge in [-0.3, -0.25) is 4.79 Å². The second kappa shape index (κ2) is 5.19. The second-order valence-electron chi connectivity index (χ2n) is 5.96. The molecule has 3 rings (SSSR count). The van der Waals surface area contributed by atoms with E-state index in [1.54, 1.807) is 4.90 Å². The maximum absolute atomic E-state index is 12.7. The molecule has 21 heavy (non-hydrogen) atoms. The predicted octanol–water partition coefficient (Wildman–Crippen LogP) is 2.27. The van der Waals surface area contributed by atoms with Gasteiger partial charge in [0, 0.05) is 25.5 Å². The van der Waals surface area contributed by atoms with E-state index in [4.69, 9.17) is 0 Å². The molecule has 0 radical (unpaired) electrons. The Balaban J connectivity index is 2.42. The molecule has 112 valence electrons. The number of rotatable bonds is 2. The van der Waals surface area contributed by atoms with Gasteiger partial charge in [0.05, 0.1) is 12.1 Å². The summed E-state index contributed by atoms with van der Waals surface area (Å²) in [6.45, 7) is 5.48. The molecular weight excluding hydrogens is 264 g/mol. The lowest BCUT2D eigenvalue weighted by atomic mass is 10.0. The Morgan fingerprint density at radius 2 is 1.95 bits per heavy atom. The van der Waals surface area contributed by atoms with Gasteiger partial charge < -0.3 is 14.6 Å². The summed E-state index contributed by atoms with van der Waals surface area (Å²) < 4.78 is 2.02. The van der Waals surface area contributed by atoms with Crippen LogP contribution in [0.2, 0.25) is 0 Å². The largest absolute Gasteiger partial charge is 0.395 e. The molecular formula is C17H22N2O2. The number of aromatic nitrogens is 1. The first-order valence-corrected chi connectivity index (χ1v) is 7.54. The molecule has 0 saturated carbocycles. The fourth-order valence-corrected chi connectivity index (χ4v) is 3.50. The van der Waals surface area contributed by atoms with E-state index < -0.39 is 0 Å². The molecule has 0 aliphatic carbocycles. The normalized spacial score (nSPS) is 15.4. The maximum Gasteiger partial charge on any atom is 0.270 e. The lowest BCUT2D eigenvalue weighted by Crippen LogP contribution is -2.28. The molecule has 4 heteroatoms. The van der Waals surface area contributed by atoms with E-state index in [0.717, 1.165) is 41.7 Å². The molecule has 1 aliphatic heterocycles. The van der Waals surface area contributed by atoms with Gasteiger partial charge in [0.2, 0.25) is 0 Å². The first-order valence-electron chi connectivity index (χ1n) is 7.54. The Bertz CT molecular complexity index is 694. The number of carbonyl (C=O) groups is 1. The van der Waals surface area contributed by atoms with Crippen molar-refractivity contribution in [2.45, 2.75) is 33.2 Å². The van der Waals surface area contributed by atoms with Crippen LogP contribution in [-0.4, -0.2) is 40.7 Å². The summed E-state index contributed by atoms with van der Waals surface area (Å²) in [4.78, 5) is 14.5. The quantitative estimate of drug-likeness (QED) is 0.920. The van der Waals surface area contributed by atoms with Crippen LogP contribution in [0.25, 0.3) is 10.9 Å². The van der Waals surface area contributed by atoms with Crippen LogP contribution in [-0.2, 0) is 13.0 Å². The molecule has 0 saturated heterocycles.